The number of hydrogen-bond donors (Lipinski definition) is 1. The zero-order valence-electron chi connectivity index (χ0n) is 21.1. The lowest BCUT2D eigenvalue weighted by Crippen LogP contribution is -2.53. The van der Waals surface area contributed by atoms with Crippen LogP contribution in [0.15, 0.2) is 58.0 Å². The van der Waals surface area contributed by atoms with E-state index in [2.05, 4.69) is 15.5 Å². The van der Waals surface area contributed by atoms with Crippen LogP contribution in [0.3, 0.4) is 0 Å². The van der Waals surface area contributed by atoms with E-state index < -0.39 is 47.0 Å². The molecule has 2 heterocycles. The van der Waals surface area contributed by atoms with Gasteiger partial charge in [-0.3, -0.25) is 18.1 Å². The quantitative estimate of drug-likeness (QED) is 0.459. The molecule has 4 rings (SSSR count). The van der Waals surface area contributed by atoms with Crippen LogP contribution < -0.4 is 14.5 Å². The van der Waals surface area contributed by atoms with Crippen molar-refractivity contribution in [2.24, 2.45) is 4.99 Å². The first-order valence-electron chi connectivity index (χ1n) is 11.6. The summed E-state index contributed by atoms with van der Waals surface area (Å²) in [6, 6.07) is 9.58. The molecule has 39 heavy (non-hydrogen) atoms. The molecule has 0 bridgehead atoms. The number of amides is 2. The van der Waals surface area contributed by atoms with Gasteiger partial charge >= 0.3 is 6.18 Å². The van der Waals surface area contributed by atoms with Crippen molar-refractivity contribution in [3.05, 3.63) is 76.7 Å². The second-order valence-corrected chi connectivity index (χ2v) is 9.60. The largest absolute Gasteiger partial charge is 0.755 e. The molecule has 3 unspecified atom stereocenters. The molecule has 0 radical (unpaired) electrons. The van der Waals surface area contributed by atoms with Crippen LogP contribution in [-0.2, 0) is 27.0 Å². The van der Waals surface area contributed by atoms with Crippen molar-refractivity contribution in [1.82, 2.24) is 10.5 Å². The van der Waals surface area contributed by atoms with Crippen molar-refractivity contribution >= 4 is 40.2 Å². The first-order valence-corrected chi connectivity index (χ1v) is 12.6. The average Bonchev–Trinajstić information content (AvgIpc) is 3.17. The van der Waals surface area contributed by atoms with Crippen molar-refractivity contribution in [1.29, 1.82) is 0 Å². The highest BCUT2D eigenvalue weighted by Gasteiger charge is 2.35. The Morgan fingerprint density at radius 2 is 1.82 bits per heavy atom. The maximum atomic E-state index is 13.4. The van der Waals surface area contributed by atoms with Crippen molar-refractivity contribution in [2.45, 2.75) is 39.2 Å². The van der Waals surface area contributed by atoms with Crippen LogP contribution in [0.2, 0.25) is 0 Å². The first kappa shape index (κ1) is 28.0. The lowest BCUT2D eigenvalue weighted by Gasteiger charge is -2.31. The lowest BCUT2D eigenvalue weighted by atomic mass is 9.99. The normalized spacial score (nSPS) is 17.1. The van der Waals surface area contributed by atoms with E-state index in [-0.39, 0.29) is 28.4 Å². The van der Waals surface area contributed by atoms with E-state index in [4.69, 9.17) is 4.52 Å². The van der Waals surface area contributed by atoms with Gasteiger partial charge in [0.05, 0.1) is 17.0 Å². The number of aromatic nitrogens is 1. The Labute approximate surface area is 223 Å². The highest BCUT2D eigenvalue weighted by Crippen LogP contribution is 2.32. The Hall–Kier alpha value is -4.04. The zero-order valence-corrected chi connectivity index (χ0v) is 22.0. The maximum absolute atomic E-state index is 13.4. The summed E-state index contributed by atoms with van der Waals surface area (Å²) in [7, 11) is 1.47. The Morgan fingerprint density at radius 1 is 1.18 bits per heavy atom. The molecule has 0 saturated heterocycles. The number of para-hydroxylation sites is 1. The molecule has 0 fully saturated rings. The average molecular weight is 563 g/mol. The minimum Gasteiger partial charge on any atom is -0.755 e. The van der Waals surface area contributed by atoms with Crippen molar-refractivity contribution < 1.29 is 36.0 Å². The number of nitrogens with zero attached hydrogens (tertiary/aromatic N) is 4. The Morgan fingerprint density at radius 3 is 2.38 bits per heavy atom. The molecular weight excluding hydrogens is 539 g/mol. The number of nitrogens with one attached hydrogen (secondary N) is 1. The van der Waals surface area contributed by atoms with Gasteiger partial charge in [-0.15, -0.1) is 0 Å². The Balaban J connectivity index is 1.73. The van der Waals surface area contributed by atoms with Gasteiger partial charge in [0.25, 0.3) is 5.91 Å². The highest BCUT2D eigenvalue weighted by atomic mass is 32.2. The fourth-order valence-electron chi connectivity index (χ4n) is 4.22. The number of carbonyl (C=O) groups is 2. The van der Waals surface area contributed by atoms with E-state index in [0.29, 0.717) is 11.3 Å². The minimum atomic E-state index is -4.54. The molecule has 14 heteroatoms. The highest BCUT2D eigenvalue weighted by molar-refractivity contribution is 7.80. The van der Waals surface area contributed by atoms with Gasteiger partial charge in [0.2, 0.25) is 12.1 Å². The van der Waals surface area contributed by atoms with Gasteiger partial charge in [0.15, 0.2) is 5.76 Å². The molecule has 1 N–H and O–H groups in total. The van der Waals surface area contributed by atoms with Crippen LogP contribution >= 0.6 is 0 Å². The molecule has 2 aromatic carbocycles. The zero-order chi connectivity index (χ0) is 28.6. The molecule has 1 aliphatic rings. The topological polar surface area (TPSA) is 131 Å². The van der Waals surface area contributed by atoms with Gasteiger partial charge in [-0.05, 0) is 39.0 Å². The van der Waals surface area contributed by atoms with Crippen LogP contribution in [-0.4, -0.2) is 50.7 Å². The van der Waals surface area contributed by atoms with Gasteiger partial charge in [-0.1, -0.05) is 35.5 Å². The summed E-state index contributed by atoms with van der Waals surface area (Å²) in [5.41, 5.74) is 0.788. The van der Waals surface area contributed by atoms with Crippen LogP contribution in [0.1, 0.15) is 35.1 Å². The number of fused-ring (bicyclic) bond motifs is 1. The number of halogens is 3. The third-order valence-corrected chi connectivity index (χ3v) is 7.04. The maximum Gasteiger partial charge on any atom is 0.416 e. The Bertz CT molecular complexity index is 1450. The van der Waals surface area contributed by atoms with E-state index in [1.807, 2.05) is 0 Å². The number of anilines is 2. The number of benzene rings is 2. The third-order valence-electron chi connectivity index (χ3n) is 6.22. The van der Waals surface area contributed by atoms with E-state index >= 15 is 0 Å². The molecule has 1 aliphatic heterocycles. The lowest BCUT2D eigenvalue weighted by molar-refractivity contribution is -0.137. The molecule has 2 amide bonds. The molecule has 10 nitrogen and oxygen atoms in total. The van der Waals surface area contributed by atoms with E-state index in [1.54, 1.807) is 24.3 Å². The van der Waals surface area contributed by atoms with E-state index in [1.165, 1.54) is 44.9 Å². The second kappa shape index (κ2) is 10.6. The van der Waals surface area contributed by atoms with Gasteiger partial charge in [0, 0.05) is 29.4 Å². The Kier molecular flexibility index (Phi) is 7.61. The molecule has 0 saturated carbocycles. The van der Waals surface area contributed by atoms with Crippen molar-refractivity contribution in [3.63, 3.8) is 0 Å². The summed E-state index contributed by atoms with van der Waals surface area (Å²) < 4.78 is 69.4. The summed E-state index contributed by atoms with van der Waals surface area (Å²) in [6.45, 7) is 4.32. The van der Waals surface area contributed by atoms with E-state index in [9.17, 15) is 31.5 Å². The number of rotatable bonds is 6. The van der Waals surface area contributed by atoms with E-state index in [0.717, 1.165) is 16.4 Å². The number of aryl methyl sites for hydroxylation is 2. The summed E-state index contributed by atoms with van der Waals surface area (Å²) in [4.78, 5) is 32.3. The predicted octanol–water partition coefficient (Wildman–Crippen LogP) is 3.26. The monoisotopic (exact) mass is 562 g/mol. The fraction of sp³-hybridized carbons (Fsp3) is 0.280. The van der Waals surface area contributed by atoms with Gasteiger partial charge in [-0.25, -0.2) is 4.99 Å². The molecule has 0 spiro atoms. The smallest absolute Gasteiger partial charge is 0.416 e. The minimum absolute atomic E-state index is 0.0802. The molecule has 3 aromatic rings. The number of likely N-dealkylation sites (N-methyl/N-ethyl adjacent to an activating group) is 1. The first-order chi connectivity index (χ1) is 18.3. The number of alkyl halides is 3. The second-order valence-electron chi connectivity index (χ2n) is 8.77. The summed E-state index contributed by atoms with van der Waals surface area (Å²) in [5.74, 6) is -1.33. The number of hydrogen-bond acceptors (Lipinski definition) is 7. The van der Waals surface area contributed by atoms with Gasteiger partial charge < -0.3 is 19.3 Å². The molecule has 1 aromatic heterocycles. The SMILES string of the molecule is Cc1noc(C)c1N(C(C)C(=O)NC1N=C(c2ccc(C(F)(F)F)cc2)c2ccccc2N(C)C1=O)S(=O)[O-]. The van der Waals surface area contributed by atoms with Crippen LogP contribution in [0, 0.1) is 13.8 Å². The standard InChI is InChI=1S/C25H24F3N5O5S/c1-13-21(15(3)38-31-13)33(39(36)37)14(2)23(34)30-22-24(35)32(4)19-8-6-5-7-18(19)20(29-22)16-9-11-17(12-10-16)25(26,27)28/h5-12,14,22H,1-4H3,(H,30,34)(H,36,37)/p-1. The fourth-order valence-corrected chi connectivity index (χ4v) is 4.98. The third kappa shape index (κ3) is 5.43. The molecular formula is C25H23F3N5O5S-. The number of aliphatic imine (C=N–C) groups is 1. The van der Waals surface area contributed by atoms with Crippen molar-refractivity contribution in [3.8, 4) is 0 Å². The van der Waals surface area contributed by atoms with Crippen LogP contribution in [0.5, 0.6) is 0 Å². The molecule has 206 valence electrons. The molecule has 0 aliphatic carbocycles. The van der Waals surface area contributed by atoms with Gasteiger partial charge in [-0.2, -0.15) is 13.2 Å². The molecule has 3 atom stereocenters. The summed E-state index contributed by atoms with van der Waals surface area (Å²) in [6.07, 6.45) is -6.06. The van der Waals surface area contributed by atoms with Crippen molar-refractivity contribution in [2.75, 3.05) is 16.3 Å². The predicted molar refractivity (Wildman–Crippen MR) is 136 cm³/mol. The van der Waals surface area contributed by atoms with Crippen LogP contribution in [0.4, 0.5) is 24.5 Å². The number of carbonyl (C=O) groups excluding carboxylic acids is 2. The summed E-state index contributed by atoms with van der Waals surface area (Å²) >= 11 is -2.91. The van der Waals surface area contributed by atoms with Crippen LogP contribution in [0.25, 0.3) is 0 Å². The summed E-state index contributed by atoms with van der Waals surface area (Å²) in [5, 5.41) is 6.21. The number of benzodiazepines with no additional fused rings is 1. The van der Waals surface area contributed by atoms with Gasteiger partial charge in [0.1, 0.15) is 17.4 Å².